The van der Waals surface area contributed by atoms with E-state index in [2.05, 4.69) is 36.7 Å². The quantitative estimate of drug-likeness (QED) is 0.170. The first-order valence-corrected chi connectivity index (χ1v) is 16.8. The topological polar surface area (TPSA) is 36.7 Å². The number of halogens is 2. The maximum absolute atomic E-state index is 17.3. The van der Waals surface area contributed by atoms with Gasteiger partial charge in [0.25, 0.3) is 17.3 Å². The van der Waals surface area contributed by atoms with E-state index < -0.39 is 41.5 Å². The predicted octanol–water partition coefficient (Wildman–Crippen LogP) is 11.2. The average molecular weight is 681 g/mol. The monoisotopic (exact) mass is 680 g/mol. The van der Waals surface area contributed by atoms with Gasteiger partial charge in [0.2, 0.25) is 11.4 Å². The lowest BCUT2D eigenvalue weighted by molar-refractivity contribution is 0.0425. The molecular weight excluding hydrogens is 637 g/mol. The summed E-state index contributed by atoms with van der Waals surface area (Å²) in [5, 5.41) is 0.819. The molecule has 0 fully saturated rings. The molecule has 8 rings (SSSR count). The molecule has 0 atom stereocenters. The van der Waals surface area contributed by atoms with Crippen LogP contribution in [0.2, 0.25) is 0 Å². The Morgan fingerprint density at radius 1 is 0.647 bits per heavy atom. The molecule has 7 aromatic rings. The molecule has 7 heteroatoms. The molecule has 1 aliphatic rings. The van der Waals surface area contributed by atoms with Gasteiger partial charge in [-0.05, 0) is 61.4 Å². The second-order valence-corrected chi connectivity index (χ2v) is 14.9. The van der Waals surface area contributed by atoms with Crippen molar-refractivity contribution in [1.29, 1.82) is 0 Å². The third-order valence-electron chi connectivity index (χ3n) is 9.39. The van der Waals surface area contributed by atoms with Crippen molar-refractivity contribution in [3.8, 4) is 5.82 Å². The maximum Gasteiger partial charge on any atom is 0.503 e. The van der Waals surface area contributed by atoms with E-state index in [4.69, 9.17) is 6.85 Å². The number of hydrogen-bond donors (Lipinski definition) is 0. The van der Waals surface area contributed by atoms with Gasteiger partial charge in [0.05, 0.1) is 23.4 Å². The van der Waals surface area contributed by atoms with E-state index in [-0.39, 0.29) is 22.2 Å². The Morgan fingerprint density at radius 3 is 2.00 bits per heavy atom. The number of para-hydroxylation sites is 4. The standard InChI is InChI=1S/C44H39F2N5/c1-42(2,3)29-20-21-47-40(26-29)51-36-17-11-10-16-35(36)41-39(51)25-32(27-48-41)44(45,46)31-22-30(43(4,5)6)23-34(24-31)50-28-49(33-14-8-7-9-15-33)37-18-12-13-19-38(37)50/h7-27H,1-6H3/q+2/i7D,8D,9D,14D,15D. The summed E-state index contributed by atoms with van der Waals surface area (Å²) in [7, 11) is 0. The van der Waals surface area contributed by atoms with Crippen molar-refractivity contribution in [2.24, 2.45) is 0 Å². The number of nitrogens with zero attached hydrogens (tertiary/aromatic N) is 5. The fourth-order valence-corrected chi connectivity index (χ4v) is 6.55. The summed E-state index contributed by atoms with van der Waals surface area (Å²) in [5.41, 5.74) is 3.57. The summed E-state index contributed by atoms with van der Waals surface area (Å²) in [6.07, 6.45) is 2.98. The van der Waals surface area contributed by atoms with Crippen LogP contribution in [-0.4, -0.2) is 20.5 Å². The first-order chi connectivity index (χ1) is 26.4. The van der Waals surface area contributed by atoms with E-state index in [0.717, 1.165) is 16.5 Å². The van der Waals surface area contributed by atoms with Crippen molar-refractivity contribution in [2.45, 2.75) is 58.3 Å². The molecule has 0 saturated carbocycles. The van der Waals surface area contributed by atoms with Gasteiger partial charge < -0.3 is 0 Å². The van der Waals surface area contributed by atoms with Crippen molar-refractivity contribution < 1.29 is 15.6 Å². The van der Waals surface area contributed by atoms with Crippen molar-refractivity contribution in [1.82, 2.24) is 23.7 Å². The molecule has 3 aromatic heterocycles. The lowest BCUT2D eigenvalue weighted by atomic mass is 9.84. The molecule has 0 N–H and O–H groups in total. The van der Waals surface area contributed by atoms with Crippen LogP contribution in [0.1, 0.15) is 70.7 Å². The van der Waals surface area contributed by atoms with Crippen LogP contribution in [0, 0.1) is 0 Å². The van der Waals surface area contributed by atoms with Crippen molar-refractivity contribution in [3.05, 3.63) is 150 Å². The molecule has 0 amide bonds. The SMILES string of the molecule is [2H]c1c([2H])c([2H])c([N+]2=C=[N+](c3cc(C(C)(C)C)cc(C(F)(F)c4cnc5c6ccccc6n(-c6cc(C(C)(C)C)ccn6)c5c4)c3)c3ccccc32)c([2H])c1[2H]. The zero-order valence-corrected chi connectivity index (χ0v) is 29.2. The molecule has 0 spiro atoms. The smallest absolute Gasteiger partial charge is 0.292 e. The van der Waals surface area contributed by atoms with E-state index in [1.807, 2.05) is 67.8 Å². The summed E-state index contributed by atoms with van der Waals surface area (Å²) < 4.78 is 81.5. The summed E-state index contributed by atoms with van der Waals surface area (Å²) >= 11 is 0. The Morgan fingerprint density at radius 2 is 1.29 bits per heavy atom. The number of pyridine rings is 2. The number of aromatic nitrogens is 3. The van der Waals surface area contributed by atoms with Crippen LogP contribution in [0.3, 0.4) is 0 Å². The molecular formula is C44H39F2N5+2. The summed E-state index contributed by atoms with van der Waals surface area (Å²) in [5.74, 6) is -2.92. The van der Waals surface area contributed by atoms with Crippen molar-refractivity contribution in [3.63, 3.8) is 0 Å². The van der Waals surface area contributed by atoms with Gasteiger partial charge in [0.15, 0.2) is 0 Å². The number of benzene rings is 4. The minimum absolute atomic E-state index is 0.0965. The molecule has 0 unspecified atom stereocenters. The van der Waals surface area contributed by atoms with Crippen molar-refractivity contribution >= 4 is 50.7 Å². The van der Waals surface area contributed by atoms with Gasteiger partial charge in [-0.15, -0.1) is 0 Å². The average Bonchev–Trinajstić information content (AvgIpc) is 3.71. The third kappa shape index (κ3) is 5.55. The van der Waals surface area contributed by atoms with Crippen LogP contribution in [0.5, 0.6) is 0 Å². The minimum atomic E-state index is -3.52. The summed E-state index contributed by atoms with van der Waals surface area (Å²) in [4.78, 5) is 9.35. The molecule has 0 bridgehead atoms. The molecule has 0 radical (unpaired) electrons. The zero-order chi connectivity index (χ0) is 40.1. The van der Waals surface area contributed by atoms with E-state index in [1.54, 1.807) is 35.0 Å². The van der Waals surface area contributed by atoms with Gasteiger partial charge in [0, 0.05) is 65.3 Å². The lowest BCUT2D eigenvalue weighted by Crippen LogP contribution is -2.19. The highest BCUT2D eigenvalue weighted by molar-refractivity contribution is 6.07. The highest BCUT2D eigenvalue weighted by Crippen LogP contribution is 2.43. The molecule has 4 aromatic carbocycles. The molecule has 0 saturated heterocycles. The first-order valence-electron chi connectivity index (χ1n) is 19.3. The molecule has 5 nitrogen and oxygen atoms in total. The first kappa shape index (κ1) is 27.0. The van der Waals surface area contributed by atoms with E-state index >= 15 is 8.78 Å². The Bertz CT molecular complexity index is 2830. The highest BCUT2D eigenvalue weighted by atomic mass is 19.3. The zero-order valence-electron chi connectivity index (χ0n) is 34.2. The Balaban J connectivity index is 1.35. The third-order valence-corrected chi connectivity index (χ3v) is 9.39. The van der Waals surface area contributed by atoms with Crippen LogP contribution in [0.4, 0.5) is 31.5 Å². The molecule has 252 valence electrons. The molecule has 51 heavy (non-hydrogen) atoms. The number of alkyl halides is 2. The van der Waals surface area contributed by atoms with E-state index in [9.17, 15) is 0 Å². The van der Waals surface area contributed by atoms with Crippen molar-refractivity contribution in [2.75, 3.05) is 0 Å². The van der Waals surface area contributed by atoms with Gasteiger partial charge >= 0.3 is 6.01 Å². The van der Waals surface area contributed by atoms with E-state index in [0.29, 0.717) is 39.5 Å². The fraction of sp³-hybridized carbons (Fsp3) is 0.205. The Hall–Kier alpha value is -5.78. The largest absolute Gasteiger partial charge is 0.503 e. The van der Waals surface area contributed by atoms with Crippen LogP contribution >= 0.6 is 0 Å². The van der Waals surface area contributed by atoms with Gasteiger partial charge in [0.1, 0.15) is 5.82 Å². The maximum atomic E-state index is 17.3. The van der Waals surface area contributed by atoms with Gasteiger partial charge in [-0.25, -0.2) is 4.98 Å². The highest BCUT2D eigenvalue weighted by Gasteiger charge is 2.41. The van der Waals surface area contributed by atoms with Crippen LogP contribution in [0.25, 0.3) is 27.8 Å². The fourth-order valence-electron chi connectivity index (χ4n) is 6.55. The number of rotatable bonds is 5. The van der Waals surface area contributed by atoms with E-state index in [1.165, 1.54) is 29.0 Å². The summed E-state index contributed by atoms with van der Waals surface area (Å²) in [6.45, 7) is 12.2. The Labute approximate surface area is 303 Å². The predicted molar refractivity (Wildman–Crippen MR) is 204 cm³/mol. The molecule has 0 aliphatic carbocycles. The molecule has 4 heterocycles. The number of fused-ring (bicyclic) bond motifs is 4. The summed E-state index contributed by atoms with van der Waals surface area (Å²) in [6, 6.07) is 25.8. The lowest BCUT2D eigenvalue weighted by Gasteiger charge is -2.23. The van der Waals surface area contributed by atoms with Crippen LogP contribution < -0.4 is 9.15 Å². The Kier molecular flexibility index (Phi) is 6.17. The second-order valence-electron chi connectivity index (χ2n) is 14.9. The molecule has 1 aliphatic heterocycles. The van der Waals surface area contributed by atoms with Gasteiger partial charge in [-0.2, -0.15) is 8.78 Å². The van der Waals surface area contributed by atoms with Gasteiger partial charge in [-0.3, -0.25) is 9.55 Å². The second kappa shape index (κ2) is 11.6. The van der Waals surface area contributed by atoms with Crippen LogP contribution in [0.15, 0.2) is 128 Å². The van der Waals surface area contributed by atoms with Crippen LogP contribution in [-0.2, 0) is 16.8 Å². The number of hydrogen-bond acceptors (Lipinski definition) is 2. The minimum Gasteiger partial charge on any atom is -0.292 e. The normalized spacial score (nSPS) is 14.8. The van der Waals surface area contributed by atoms with Gasteiger partial charge in [-0.1, -0.05) is 90.0 Å².